The van der Waals surface area contributed by atoms with Crippen molar-refractivity contribution in [1.29, 1.82) is 0 Å². The lowest BCUT2D eigenvalue weighted by atomic mass is 9.98. The molecule has 1 amide bonds. The number of nitrogens with zero attached hydrogens (tertiary/aromatic N) is 1. The summed E-state index contributed by atoms with van der Waals surface area (Å²) in [5.74, 6) is -0.774. The average molecular weight is 338 g/mol. The lowest BCUT2D eigenvalue weighted by Gasteiger charge is -2.23. The summed E-state index contributed by atoms with van der Waals surface area (Å²) in [5, 5.41) is 3.81. The number of hydrogen-bond donors (Lipinski definition) is 1. The van der Waals surface area contributed by atoms with E-state index in [9.17, 15) is 9.59 Å². The Hall–Kier alpha value is -2.73. The van der Waals surface area contributed by atoms with E-state index >= 15 is 0 Å². The highest BCUT2D eigenvalue weighted by Crippen LogP contribution is 2.26. The summed E-state index contributed by atoms with van der Waals surface area (Å²) in [7, 11) is 0. The topological polar surface area (TPSA) is 68.3 Å². The molecule has 3 aromatic rings. The van der Waals surface area contributed by atoms with Gasteiger partial charge in [0.15, 0.2) is 6.10 Å². The molecule has 1 aliphatic rings. The summed E-state index contributed by atoms with van der Waals surface area (Å²) in [6.45, 7) is 1.95. The smallest absolute Gasteiger partial charge is 0.339 e. The molecule has 0 saturated carbocycles. The molecule has 120 valence electrons. The zero-order valence-corrected chi connectivity index (χ0v) is 13.7. The summed E-state index contributed by atoms with van der Waals surface area (Å²) in [6.07, 6.45) is -0.429. The first-order valence-corrected chi connectivity index (χ1v) is 8.39. The van der Waals surface area contributed by atoms with E-state index in [0.29, 0.717) is 17.7 Å². The van der Waals surface area contributed by atoms with Gasteiger partial charge in [-0.2, -0.15) is 0 Å². The highest BCUT2D eigenvalue weighted by molar-refractivity contribution is 7.18. The molecule has 1 aliphatic heterocycles. The number of nitrogens with one attached hydrogen (secondary N) is 1. The molecule has 0 spiro atoms. The fourth-order valence-corrected chi connectivity index (χ4v) is 3.68. The van der Waals surface area contributed by atoms with Gasteiger partial charge in [-0.3, -0.25) is 4.79 Å². The van der Waals surface area contributed by atoms with E-state index in [1.54, 1.807) is 29.5 Å². The second kappa shape index (κ2) is 5.72. The molecule has 0 radical (unpaired) electrons. The summed E-state index contributed by atoms with van der Waals surface area (Å²) in [6, 6.07) is 12.8. The molecule has 0 aliphatic carbocycles. The van der Waals surface area contributed by atoms with E-state index in [-0.39, 0.29) is 5.91 Å². The second-order valence-electron chi connectivity index (χ2n) is 5.66. The van der Waals surface area contributed by atoms with Crippen molar-refractivity contribution in [2.75, 3.05) is 5.32 Å². The minimum Gasteiger partial charge on any atom is -0.448 e. The quantitative estimate of drug-likeness (QED) is 0.728. The van der Waals surface area contributed by atoms with Gasteiger partial charge in [0.2, 0.25) is 0 Å². The van der Waals surface area contributed by atoms with Crippen LogP contribution in [0.2, 0.25) is 0 Å². The number of anilines is 1. The van der Waals surface area contributed by atoms with Crippen LogP contribution >= 0.6 is 11.3 Å². The number of amides is 1. The molecule has 0 fully saturated rings. The molecule has 1 N–H and O–H groups in total. The first-order valence-electron chi connectivity index (χ1n) is 7.57. The van der Waals surface area contributed by atoms with Gasteiger partial charge in [-0.05, 0) is 36.8 Å². The number of hydrogen-bond acceptors (Lipinski definition) is 5. The van der Waals surface area contributed by atoms with Crippen LogP contribution in [0.1, 0.15) is 20.9 Å². The molecule has 6 heteroatoms. The van der Waals surface area contributed by atoms with Crippen LogP contribution in [0.15, 0.2) is 42.5 Å². The highest BCUT2D eigenvalue weighted by atomic mass is 32.1. The van der Waals surface area contributed by atoms with Crippen molar-refractivity contribution in [3.63, 3.8) is 0 Å². The molecule has 5 nitrogen and oxygen atoms in total. The number of carbonyl (C=O) groups is 2. The number of esters is 1. The van der Waals surface area contributed by atoms with Gasteiger partial charge >= 0.3 is 5.97 Å². The van der Waals surface area contributed by atoms with E-state index in [0.717, 1.165) is 20.8 Å². The monoisotopic (exact) mass is 338 g/mol. The van der Waals surface area contributed by atoms with E-state index in [1.165, 1.54) is 0 Å². The fourth-order valence-electron chi connectivity index (χ4n) is 2.82. The zero-order valence-electron chi connectivity index (χ0n) is 12.9. The van der Waals surface area contributed by atoms with Crippen LogP contribution in [0.5, 0.6) is 0 Å². The summed E-state index contributed by atoms with van der Waals surface area (Å²) in [4.78, 5) is 28.9. The van der Waals surface area contributed by atoms with Crippen molar-refractivity contribution in [1.82, 2.24) is 4.98 Å². The van der Waals surface area contributed by atoms with Crippen molar-refractivity contribution in [3.05, 3.63) is 58.6 Å². The Kier molecular flexibility index (Phi) is 3.54. The van der Waals surface area contributed by atoms with Gasteiger partial charge in [0.05, 0.1) is 20.8 Å². The molecular weight excluding hydrogens is 324 g/mol. The molecule has 1 aromatic heterocycles. The van der Waals surface area contributed by atoms with Gasteiger partial charge in [-0.1, -0.05) is 18.2 Å². The van der Waals surface area contributed by atoms with Gasteiger partial charge in [0, 0.05) is 12.1 Å². The van der Waals surface area contributed by atoms with E-state index < -0.39 is 12.1 Å². The lowest BCUT2D eigenvalue weighted by molar-refractivity contribution is -0.125. The number of benzene rings is 2. The predicted octanol–water partition coefficient (Wildman–Crippen LogP) is 3.32. The molecule has 2 heterocycles. The number of fused-ring (bicyclic) bond motifs is 2. The summed E-state index contributed by atoms with van der Waals surface area (Å²) >= 11 is 1.57. The number of ether oxygens (including phenoxy) is 1. The standard InChI is InChI=1S/C18H14N2O3S/c1-10-19-14-7-6-12(9-16(14)24-10)20-17(21)15-8-11-4-2-3-5-13(11)18(22)23-15/h2-7,9,15H,8H2,1H3,(H,20,21). The van der Waals surface area contributed by atoms with Gasteiger partial charge < -0.3 is 10.1 Å². The third-order valence-corrected chi connectivity index (χ3v) is 4.88. The summed E-state index contributed by atoms with van der Waals surface area (Å²) < 4.78 is 6.29. The highest BCUT2D eigenvalue weighted by Gasteiger charge is 2.31. The zero-order chi connectivity index (χ0) is 16.7. The summed E-state index contributed by atoms with van der Waals surface area (Å²) in [5.41, 5.74) is 2.95. The van der Waals surface area contributed by atoms with Gasteiger partial charge in [0.1, 0.15) is 0 Å². The lowest BCUT2D eigenvalue weighted by Crippen LogP contribution is -2.37. The maximum absolute atomic E-state index is 12.5. The van der Waals surface area contributed by atoms with Gasteiger partial charge in [-0.25, -0.2) is 9.78 Å². The van der Waals surface area contributed by atoms with Crippen LogP contribution in [-0.4, -0.2) is 23.0 Å². The first kappa shape index (κ1) is 14.8. The Morgan fingerprint density at radius 2 is 2.12 bits per heavy atom. The molecule has 0 saturated heterocycles. The molecule has 1 atom stereocenters. The minimum absolute atomic E-state index is 0.321. The molecule has 4 rings (SSSR count). The Morgan fingerprint density at radius 1 is 1.29 bits per heavy atom. The molecule has 0 bridgehead atoms. The van der Waals surface area contributed by atoms with Crippen LogP contribution in [0.25, 0.3) is 10.2 Å². The number of rotatable bonds is 2. The number of cyclic esters (lactones) is 1. The van der Waals surface area contributed by atoms with Crippen molar-refractivity contribution in [2.24, 2.45) is 0 Å². The van der Waals surface area contributed by atoms with E-state index in [2.05, 4.69) is 10.3 Å². The number of thiazole rings is 1. The molecule has 24 heavy (non-hydrogen) atoms. The Labute approximate surface area is 142 Å². The minimum atomic E-state index is -0.814. The average Bonchev–Trinajstić information content (AvgIpc) is 2.94. The third-order valence-electron chi connectivity index (χ3n) is 3.95. The van der Waals surface area contributed by atoms with E-state index in [4.69, 9.17) is 4.74 Å². The number of aryl methyl sites for hydroxylation is 1. The second-order valence-corrected chi connectivity index (χ2v) is 6.89. The van der Waals surface area contributed by atoms with Crippen LogP contribution in [0.4, 0.5) is 5.69 Å². The van der Waals surface area contributed by atoms with E-state index in [1.807, 2.05) is 31.2 Å². The van der Waals surface area contributed by atoms with Crippen molar-refractivity contribution in [2.45, 2.75) is 19.4 Å². The van der Waals surface area contributed by atoms with Crippen LogP contribution in [0.3, 0.4) is 0 Å². The normalized spacial score (nSPS) is 16.5. The Morgan fingerprint density at radius 3 is 3.00 bits per heavy atom. The maximum Gasteiger partial charge on any atom is 0.339 e. The Balaban J connectivity index is 1.54. The third kappa shape index (κ3) is 2.65. The SMILES string of the molecule is Cc1nc2ccc(NC(=O)C3Cc4ccccc4C(=O)O3)cc2s1. The Bertz CT molecular complexity index is 964. The molecule has 1 unspecified atom stereocenters. The van der Waals surface area contributed by atoms with Crippen molar-refractivity contribution >= 4 is 39.1 Å². The van der Waals surface area contributed by atoms with Crippen LogP contribution in [-0.2, 0) is 16.0 Å². The number of carbonyl (C=O) groups excluding carboxylic acids is 2. The first-order chi connectivity index (χ1) is 11.6. The van der Waals surface area contributed by atoms with Crippen LogP contribution in [0, 0.1) is 6.92 Å². The van der Waals surface area contributed by atoms with Crippen LogP contribution < -0.4 is 5.32 Å². The van der Waals surface area contributed by atoms with Gasteiger partial charge in [0.25, 0.3) is 5.91 Å². The largest absolute Gasteiger partial charge is 0.448 e. The fraction of sp³-hybridized carbons (Fsp3) is 0.167. The van der Waals surface area contributed by atoms with Crippen molar-refractivity contribution in [3.8, 4) is 0 Å². The number of aromatic nitrogens is 1. The predicted molar refractivity (Wildman–Crippen MR) is 92.3 cm³/mol. The maximum atomic E-state index is 12.5. The van der Waals surface area contributed by atoms with Crippen molar-refractivity contribution < 1.29 is 14.3 Å². The van der Waals surface area contributed by atoms with Gasteiger partial charge in [-0.15, -0.1) is 11.3 Å². The molecule has 2 aromatic carbocycles. The molecular formula is C18H14N2O3S.